The summed E-state index contributed by atoms with van der Waals surface area (Å²) in [4.78, 5) is 17.2. The third-order valence-corrected chi connectivity index (χ3v) is 11.9. The van der Waals surface area contributed by atoms with Crippen molar-refractivity contribution in [2.24, 2.45) is 0 Å². The molecular formula is C53H35N3. The van der Waals surface area contributed by atoms with Crippen molar-refractivity contribution in [3.05, 3.63) is 257 Å². The molecule has 0 radical (unpaired) electrons. The highest BCUT2D eigenvalue weighted by atomic mass is 15.1. The van der Waals surface area contributed by atoms with Gasteiger partial charge >= 0.3 is 0 Å². The van der Waals surface area contributed by atoms with E-state index in [1.165, 1.54) is 22.3 Å². The van der Waals surface area contributed by atoms with Gasteiger partial charge in [0.15, 0.2) is 17.5 Å². The number of rotatable bonds is 6. The molecule has 0 saturated heterocycles. The first-order valence-corrected chi connectivity index (χ1v) is 19.2. The summed E-state index contributed by atoms with van der Waals surface area (Å²) >= 11 is 0. The van der Waals surface area contributed by atoms with Crippen LogP contribution in [0.4, 0.5) is 0 Å². The Labute approximate surface area is 326 Å². The van der Waals surface area contributed by atoms with E-state index in [0.717, 1.165) is 50.1 Å². The van der Waals surface area contributed by atoms with E-state index in [1.807, 2.05) is 6.07 Å². The summed E-state index contributed by atoms with van der Waals surface area (Å²) in [5, 5.41) is 0. The first kappa shape index (κ1) is 32.2. The minimum absolute atomic E-state index is 0.640. The molecule has 0 atom stereocenters. The van der Waals surface area contributed by atoms with Gasteiger partial charge in [-0.3, -0.25) is 0 Å². The molecule has 8 aromatic carbocycles. The van der Waals surface area contributed by atoms with E-state index in [9.17, 15) is 0 Å². The molecule has 0 aliphatic heterocycles. The summed E-state index contributed by atoms with van der Waals surface area (Å²) < 4.78 is 0. The first-order chi connectivity index (χ1) is 27.8. The van der Waals surface area contributed by atoms with Crippen LogP contribution in [-0.4, -0.2) is 15.0 Å². The van der Waals surface area contributed by atoms with E-state index < -0.39 is 10.8 Å². The average Bonchev–Trinajstić information content (AvgIpc) is 3.76. The summed E-state index contributed by atoms with van der Waals surface area (Å²) in [7, 11) is 0. The van der Waals surface area contributed by atoms with E-state index in [4.69, 9.17) is 15.0 Å². The second-order valence-corrected chi connectivity index (χ2v) is 14.6. The number of hydrogen-bond acceptors (Lipinski definition) is 3. The Morgan fingerprint density at radius 2 is 0.571 bits per heavy atom. The maximum atomic E-state index is 5.93. The van der Waals surface area contributed by atoms with Crippen LogP contribution in [-0.2, 0) is 10.8 Å². The molecule has 2 aliphatic rings. The van der Waals surface area contributed by atoms with Crippen molar-refractivity contribution in [2.45, 2.75) is 10.8 Å². The lowest BCUT2D eigenvalue weighted by Gasteiger charge is -2.36. The van der Waals surface area contributed by atoms with Gasteiger partial charge in [-0.1, -0.05) is 212 Å². The number of fused-ring (bicyclic) bond motifs is 6. The third kappa shape index (κ3) is 4.49. The number of benzene rings is 8. The van der Waals surface area contributed by atoms with Crippen LogP contribution in [0.1, 0.15) is 45.0 Å². The molecule has 0 amide bonds. The molecule has 0 N–H and O–H groups in total. The molecule has 0 unspecified atom stereocenters. The van der Waals surface area contributed by atoms with Gasteiger partial charge in [0.25, 0.3) is 0 Å². The predicted octanol–water partition coefficient (Wildman–Crippen LogP) is 11.9. The summed E-state index contributed by atoms with van der Waals surface area (Å²) in [6, 6.07) is 75.8. The molecule has 3 nitrogen and oxygen atoms in total. The molecule has 1 aromatic heterocycles. The zero-order chi connectivity index (χ0) is 37.1. The van der Waals surface area contributed by atoms with Gasteiger partial charge in [0.1, 0.15) is 10.8 Å². The van der Waals surface area contributed by atoms with Crippen molar-refractivity contribution >= 4 is 0 Å². The van der Waals surface area contributed by atoms with Crippen molar-refractivity contribution in [3.8, 4) is 44.8 Å². The zero-order valence-electron chi connectivity index (χ0n) is 30.5. The molecule has 3 heteroatoms. The van der Waals surface area contributed by atoms with E-state index >= 15 is 0 Å². The zero-order valence-corrected chi connectivity index (χ0v) is 30.5. The van der Waals surface area contributed by atoms with E-state index in [0.29, 0.717) is 17.5 Å². The van der Waals surface area contributed by atoms with Crippen molar-refractivity contribution in [1.82, 2.24) is 15.0 Å². The van der Waals surface area contributed by atoms with Crippen LogP contribution in [0, 0.1) is 0 Å². The summed E-state index contributed by atoms with van der Waals surface area (Å²) in [5.74, 6) is 2.03. The third-order valence-electron chi connectivity index (χ3n) is 11.9. The Morgan fingerprint density at radius 3 is 1.04 bits per heavy atom. The van der Waals surface area contributed by atoms with Crippen LogP contribution in [0.2, 0.25) is 0 Å². The fraction of sp³-hybridized carbons (Fsp3) is 0.0377. The Hall–Kier alpha value is -7.23. The van der Waals surface area contributed by atoms with Gasteiger partial charge in [-0.05, 0) is 66.8 Å². The monoisotopic (exact) mass is 713 g/mol. The van der Waals surface area contributed by atoms with E-state index in [-0.39, 0.29) is 0 Å². The summed E-state index contributed by atoms with van der Waals surface area (Å²) in [6.07, 6.45) is 0. The highest BCUT2D eigenvalue weighted by Gasteiger charge is 2.53. The van der Waals surface area contributed by atoms with Gasteiger partial charge < -0.3 is 0 Å². The van der Waals surface area contributed by atoms with Crippen molar-refractivity contribution in [3.63, 3.8) is 0 Å². The molecule has 0 fully saturated rings. The van der Waals surface area contributed by atoms with Crippen LogP contribution < -0.4 is 0 Å². The normalized spacial score (nSPS) is 14.0. The van der Waals surface area contributed by atoms with Gasteiger partial charge in [0, 0.05) is 5.56 Å². The highest BCUT2D eigenvalue weighted by molar-refractivity contribution is 5.89. The second-order valence-electron chi connectivity index (χ2n) is 14.6. The molecule has 0 bridgehead atoms. The average molecular weight is 714 g/mol. The van der Waals surface area contributed by atoms with Crippen molar-refractivity contribution in [1.29, 1.82) is 0 Å². The minimum Gasteiger partial charge on any atom is -0.215 e. The molecule has 11 rings (SSSR count). The largest absolute Gasteiger partial charge is 0.215 e. The standard InChI is InChI=1S/C53H35N3/c1-4-20-36(21-5-1)39-26-10-15-31-44(39)53(47-34-18-13-29-42(47)43-30-14-19-35-48(43)53)51-55-49(37-22-6-2-7-23-37)54-50(56-51)52(38-24-8-3-9-25-38)45-32-16-11-27-40(45)41-28-12-17-33-46(41)52/h1-35H. The molecule has 2 aliphatic carbocycles. The quantitative estimate of drug-likeness (QED) is 0.172. The first-order valence-electron chi connectivity index (χ1n) is 19.2. The topological polar surface area (TPSA) is 38.7 Å². The van der Waals surface area contributed by atoms with Gasteiger partial charge in [0.05, 0.1) is 0 Å². The molecule has 56 heavy (non-hydrogen) atoms. The van der Waals surface area contributed by atoms with E-state index in [2.05, 4.69) is 206 Å². The van der Waals surface area contributed by atoms with Gasteiger partial charge in [-0.2, -0.15) is 0 Å². The molecule has 1 heterocycles. The maximum Gasteiger partial charge on any atom is 0.163 e. The maximum absolute atomic E-state index is 5.93. The lowest BCUT2D eigenvalue weighted by Crippen LogP contribution is -2.36. The van der Waals surface area contributed by atoms with Crippen LogP contribution in [0.5, 0.6) is 0 Å². The Morgan fingerprint density at radius 1 is 0.250 bits per heavy atom. The Kier molecular flexibility index (Phi) is 7.30. The van der Waals surface area contributed by atoms with Crippen LogP contribution >= 0.6 is 0 Å². The fourth-order valence-electron chi connectivity index (χ4n) is 9.60. The highest BCUT2D eigenvalue weighted by Crippen LogP contribution is 2.59. The number of aromatic nitrogens is 3. The molecule has 0 spiro atoms. The Balaban J connectivity index is 1.34. The van der Waals surface area contributed by atoms with Crippen LogP contribution in [0.25, 0.3) is 44.8 Å². The molecule has 9 aromatic rings. The van der Waals surface area contributed by atoms with Crippen molar-refractivity contribution < 1.29 is 0 Å². The minimum atomic E-state index is -0.893. The molecule has 262 valence electrons. The van der Waals surface area contributed by atoms with Gasteiger partial charge in [0.2, 0.25) is 0 Å². The molecular weight excluding hydrogens is 679 g/mol. The second kappa shape index (κ2) is 12.7. The number of hydrogen-bond donors (Lipinski definition) is 0. The summed E-state index contributed by atoms with van der Waals surface area (Å²) in [5.41, 5.74) is 13.1. The summed E-state index contributed by atoms with van der Waals surface area (Å²) in [6.45, 7) is 0. The molecule has 0 saturated carbocycles. The van der Waals surface area contributed by atoms with Crippen molar-refractivity contribution in [2.75, 3.05) is 0 Å². The Bertz CT molecular complexity index is 2830. The predicted molar refractivity (Wildman–Crippen MR) is 225 cm³/mol. The number of nitrogens with zero attached hydrogens (tertiary/aromatic N) is 3. The van der Waals surface area contributed by atoms with Crippen LogP contribution in [0.3, 0.4) is 0 Å². The SMILES string of the molecule is c1ccc(-c2nc(C3(c4ccccc4)c4ccccc4-c4ccccc43)nc(C3(c4ccccc4-c4ccccc4)c4ccccc4-c4ccccc43)n2)cc1. The fourth-order valence-corrected chi connectivity index (χ4v) is 9.60. The lowest BCUT2D eigenvalue weighted by molar-refractivity contribution is 0.631. The lowest BCUT2D eigenvalue weighted by atomic mass is 9.68. The van der Waals surface area contributed by atoms with E-state index in [1.54, 1.807) is 0 Å². The van der Waals surface area contributed by atoms with Crippen LogP contribution in [0.15, 0.2) is 212 Å². The van der Waals surface area contributed by atoms with Gasteiger partial charge in [-0.25, -0.2) is 15.0 Å². The van der Waals surface area contributed by atoms with Gasteiger partial charge in [-0.15, -0.1) is 0 Å². The smallest absolute Gasteiger partial charge is 0.163 e.